The van der Waals surface area contributed by atoms with Crippen LogP contribution in [0.3, 0.4) is 0 Å². The Morgan fingerprint density at radius 1 is 1.20 bits per heavy atom. The van der Waals surface area contributed by atoms with Gasteiger partial charge in [0.2, 0.25) is 0 Å². The summed E-state index contributed by atoms with van der Waals surface area (Å²) in [4.78, 5) is 2.49. The second-order valence-corrected chi connectivity index (χ2v) is 4.70. The van der Waals surface area contributed by atoms with Crippen LogP contribution in [0.15, 0.2) is 0 Å². The number of unbranched alkanes of at least 4 members (excludes halogenated alkanes) is 1. The number of hydrogen-bond donors (Lipinski definition) is 1. The number of ether oxygens (including phenoxy) is 1. The average Bonchev–Trinajstić information content (AvgIpc) is 2.22. The molecule has 0 amide bonds. The van der Waals surface area contributed by atoms with E-state index in [0.717, 1.165) is 32.7 Å². The number of hydrogen-bond acceptors (Lipinski definition) is 3. The summed E-state index contributed by atoms with van der Waals surface area (Å²) < 4.78 is 5.05. The van der Waals surface area contributed by atoms with Crippen molar-refractivity contribution < 1.29 is 4.74 Å². The molecule has 0 aliphatic heterocycles. The molecule has 0 aliphatic carbocycles. The third kappa shape index (κ3) is 6.13. The Morgan fingerprint density at radius 2 is 1.87 bits per heavy atom. The van der Waals surface area contributed by atoms with Crippen LogP contribution in [0, 0.1) is 0 Å². The van der Waals surface area contributed by atoms with E-state index in [1.165, 1.54) is 12.8 Å². The minimum absolute atomic E-state index is 0.128. The molecule has 0 saturated carbocycles. The van der Waals surface area contributed by atoms with Gasteiger partial charge in [-0.1, -0.05) is 6.92 Å². The SMILES string of the molecule is CCCN(CCCCOC)C(C)(C)CN. The Kier molecular flexibility index (Phi) is 8.02. The normalized spacial score (nSPS) is 12.4. The van der Waals surface area contributed by atoms with Gasteiger partial charge in [0, 0.05) is 25.8 Å². The van der Waals surface area contributed by atoms with Crippen molar-refractivity contribution in [2.75, 3.05) is 33.4 Å². The Labute approximate surface area is 95.0 Å². The van der Waals surface area contributed by atoms with Gasteiger partial charge < -0.3 is 10.5 Å². The summed E-state index contributed by atoms with van der Waals surface area (Å²) >= 11 is 0. The molecule has 0 aromatic heterocycles. The van der Waals surface area contributed by atoms with Gasteiger partial charge in [-0.3, -0.25) is 4.90 Å². The summed E-state index contributed by atoms with van der Waals surface area (Å²) in [5, 5.41) is 0. The van der Waals surface area contributed by atoms with Gasteiger partial charge in [-0.15, -0.1) is 0 Å². The van der Waals surface area contributed by atoms with Crippen LogP contribution in [0.4, 0.5) is 0 Å². The Bertz CT molecular complexity index is 149. The predicted molar refractivity (Wildman–Crippen MR) is 66.1 cm³/mol. The third-order valence-corrected chi connectivity index (χ3v) is 2.88. The molecule has 0 aromatic carbocycles. The molecule has 0 fully saturated rings. The van der Waals surface area contributed by atoms with E-state index in [-0.39, 0.29) is 5.54 Å². The van der Waals surface area contributed by atoms with Crippen LogP contribution in [0.1, 0.15) is 40.0 Å². The molecule has 0 atom stereocenters. The van der Waals surface area contributed by atoms with Crippen molar-refractivity contribution in [2.45, 2.75) is 45.6 Å². The van der Waals surface area contributed by atoms with Crippen molar-refractivity contribution in [3.8, 4) is 0 Å². The van der Waals surface area contributed by atoms with Crippen LogP contribution < -0.4 is 5.73 Å². The average molecular weight is 216 g/mol. The van der Waals surface area contributed by atoms with Crippen molar-refractivity contribution >= 4 is 0 Å². The number of rotatable bonds is 9. The highest BCUT2D eigenvalue weighted by Crippen LogP contribution is 2.14. The van der Waals surface area contributed by atoms with E-state index in [1.54, 1.807) is 7.11 Å². The molecular weight excluding hydrogens is 188 g/mol. The highest BCUT2D eigenvalue weighted by molar-refractivity contribution is 4.82. The molecule has 3 nitrogen and oxygen atoms in total. The molecule has 0 aliphatic rings. The minimum atomic E-state index is 0.128. The first kappa shape index (κ1) is 14.9. The Balaban J connectivity index is 3.93. The van der Waals surface area contributed by atoms with Crippen molar-refractivity contribution in [2.24, 2.45) is 5.73 Å². The Hall–Kier alpha value is -0.120. The smallest absolute Gasteiger partial charge is 0.0462 e. The third-order valence-electron chi connectivity index (χ3n) is 2.88. The van der Waals surface area contributed by atoms with Gasteiger partial charge in [0.1, 0.15) is 0 Å². The van der Waals surface area contributed by atoms with Crippen LogP contribution in [0.2, 0.25) is 0 Å². The first-order valence-corrected chi connectivity index (χ1v) is 6.02. The summed E-state index contributed by atoms with van der Waals surface area (Å²) in [6.07, 6.45) is 3.52. The van der Waals surface area contributed by atoms with Gasteiger partial charge in [0.05, 0.1) is 0 Å². The second kappa shape index (κ2) is 8.08. The lowest BCUT2D eigenvalue weighted by atomic mass is 10.0. The monoisotopic (exact) mass is 216 g/mol. The quantitative estimate of drug-likeness (QED) is 0.598. The van der Waals surface area contributed by atoms with Crippen LogP contribution in [-0.4, -0.2) is 43.8 Å². The predicted octanol–water partition coefficient (Wildman–Crippen LogP) is 1.86. The summed E-state index contributed by atoms with van der Waals surface area (Å²) in [6, 6.07) is 0. The van der Waals surface area contributed by atoms with Gasteiger partial charge in [0.25, 0.3) is 0 Å². The lowest BCUT2D eigenvalue weighted by Gasteiger charge is -2.37. The number of nitrogens with zero attached hydrogens (tertiary/aromatic N) is 1. The maximum Gasteiger partial charge on any atom is 0.0462 e. The minimum Gasteiger partial charge on any atom is -0.385 e. The lowest BCUT2D eigenvalue weighted by Crippen LogP contribution is -2.50. The first-order valence-electron chi connectivity index (χ1n) is 6.02. The molecule has 0 spiro atoms. The zero-order valence-corrected chi connectivity index (χ0v) is 10.9. The van der Waals surface area contributed by atoms with Gasteiger partial charge in [-0.2, -0.15) is 0 Å². The summed E-state index contributed by atoms with van der Waals surface area (Å²) in [6.45, 7) is 10.5. The van der Waals surface area contributed by atoms with E-state index >= 15 is 0 Å². The van der Waals surface area contributed by atoms with Gasteiger partial charge in [0.15, 0.2) is 0 Å². The van der Waals surface area contributed by atoms with Gasteiger partial charge in [-0.25, -0.2) is 0 Å². The summed E-state index contributed by atoms with van der Waals surface area (Å²) in [7, 11) is 1.76. The highest BCUT2D eigenvalue weighted by atomic mass is 16.5. The summed E-state index contributed by atoms with van der Waals surface area (Å²) in [5.41, 5.74) is 5.93. The topological polar surface area (TPSA) is 38.5 Å². The van der Waals surface area contributed by atoms with E-state index in [0.29, 0.717) is 0 Å². The molecule has 2 N–H and O–H groups in total. The van der Waals surface area contributed by atoms with E-state index in [2.05, 4.69) is 25.7 Å². The molecular formula is C12H28N2O. The lowest BCUT2D eigenvalue weighted by molar-refractivity contribution is 0.117. The molecule has 0 rings (SSSR count). The van der Waals surface area contributed by atoms with E-state index in [4.69, 9.17) is 10.5 Å². The zero-order valence-electron chi connectivity index (χ0n) is 10.9. The van der Waals surface area contributed by atoms with Crippen LogP contribution in [0.25, 0.3) is 0 Å². The molecule has 92 valence electrons. The molecule has 3 heteroatoms. The fourth-order valence-electron chi connectivity index (χ4n) is 1.67. The fourth-order valence-corrected chi connectivity index (χ4v) is 1.67. The van der Waals surface area contributed by atoms with Crippen molar-refractivity contribution in [3.05, 3.63) is 0 Å². The number of nitrogens with two attached hydrogens (primary N) is 1. The molecule has 0 saturated heterocycles. The first-order chi connectivity index (χ1) is 7.08. The van der Waals surface area contributed by atoms with Crippen molar-refractivity contribution in [1.29, 1.82) is 0 Å². The summed E-state index contributed by atoms with van der Waals surface area (Å²) in [5.74, 6) is 0. The van der Waals surface area contributed by atoms with Crippen molar-refractivity contribution in [1.82, 2.24) is 4.90 Å². The molecule has 0 radical (unpaired) electrons. The molecule has 0 heterocycles. The largest absolute Gasteiger partial charge is 0.385 e. The van der Waals surface area contributed by atoms with E-state index in [1.807, 2.05) is 0 Å². The van der Waals surface area contributed by atoms with Gasteiger partial charge in [-0.05, 0) is 46.2 Å². The maximum atomic E-state index is 5.80. The molecule has 0 unspecified atom stereocenters. The molecule has 15 heavy (non-hydrogen) atoms. The molecule has 0 bridgehead atoms. The fraction of sp³-hybridized carbons (Fsp3) is 1.00. The van der Waals surface area contributed by atoms with Crippen LogP contribution in [0.5, 0.6) is 0 Å². The zero-order chi connectivity index (χ0) is 11.7. The maximum absolute atomic E-state index is 5.80. The van der Waals surface area contributed by atoms with E-state index < -0.39 is 0 Å². The van der Waals surface area contributed by atoms with Crippen LogP contribution >= 0.6 is 0 Å². The standard InChI is InChI=1S/C12H28N2O/c1-5-8-14(12(2,3)11-13)9-6-7-10-15-4/h5-11,13H2,1-4H3. The number of methoxy groups -OCH3 is 1. The second-order valence-electron chi connectivity index (χ2n) is 4.70. The van der Waals surface area contributed by atoms with Crippen molar-refractivity contribution in [3.63, 3.8) is 0 Å². The highest BCUT2D eigenvalue weighted by Gasteiger charge is 2.23. The Morgan fingerprint density at radius 3 is 2.33 bits per heavy atom. The molecule has 0 aromatic rings. The van der Waals surface area contributed by atoms with Gasteiger partial charge >= 0.3 is 0 Å². The van der Waals surface area contributed by atoms with Crippen LogP contribution in [-0.2, 0) is 4.74 Å². The van der Waals surface area contributed by atoms with E-state index in [9.17, 15) is 0 Å².